The van der Waals surface area contributed by atoms with Gasteiger partial charge < -0.3 is 51.7 Å². The van der Waals surface area contributed by atoms with Crippen LogP contribution < -0.4 is 16.0 Å². The van der Waals surface area contributed by atoms with E-state index in [-0.39, 0.29) is 95.4 Å². The number of amides is 3. The van der Waals surface area contributed by atoms with Crippen molar-refractivity contribution in [3.63, 3.8) is 0 Å². The lowest BCUT2D eigenvalue weighted by Gasteiger charge is -2.32. The highest BCUT2D eigenvalue weighted by Crippen LogP contribution is 2.16. The van der Waals surface area contributed by atoms with Crippen LogP contribution in [0.15, 0.2) is 18.2 Å². The molecule has 1 aromatic carbocycles. The third kappa shape index (κ3) is 15.1. The van der Waals surface area contributed by atoms with E-state index in [9.17, 15) is 54.3 Å². The molecule has 2 rings (SSSR count). The van der Waals surface area contributed by atoms with Crippen molar-refractivity contribution in [3.8, 4) is 0 Å². The zero-order chi connectivity index (χ0) is 35.8. The van der Waals surface area contributed by atoms with Gasteiger partial charge in [0, 0.05) is 69.2 Å². The van der Waals surface area contributed by atoms with Gasteiger partial charge in [-0.25, -0.2) is 0 Å². The average molecular weight is 686 g/mol. The number of aliphatic hydroxyl groups excluding tert-OH is 4. The molecule has 0 aliphatic carbocycles. The summed E-state index contributed by atoms with van der Waals surface area (Å²) in [5, 5.41) is 72.2. The molecule has 48 heavy (non-hydrogen) atoms. The second kappa shape index (κ2) is 20.2. The number of carbonyl (C=O) groups is 6. The second-order valence-corrected chi connectivity index (χ2v) is 11.0. The maximum absolute atomic E-state index is 13.3. The maximum Gasteiger partial charge on any atom is 0.317 e. The van der Waals surface area contributed by atoms with Crippen molar-refractivity contribution >= 4 is 41.3 Å². The van der Waals surface area contributed by atoms with Crippen LogP contribution in [0.3, 0.4) is 0 Å². The van der Waals surface area contributed by atoms with Gasteiger partial charge in [-0.15, -0.1) is 0 Å². The van der Waals surface area contributed by atoms with Gasteiger partial charge in [0.15, 0.2) is 0 Å². The fourth-order valence-corrected chi connectivity index (χ4v) is 4.71. The Morgan fingerprint density at radius 3 is 1.17 bits per heavy atom. The van der Waals surface area contributed by atoms with E-state index in [2.05, 4.69) is 16.0 Å². The smallest absolute Gasteiger partial charge is 0.317 e. The molecule has 0 bridgehead atoms. The Bertz CT molecular complexity index is 1210. The third-order valence-electron chi connectivity index (χ3n) is 7.06. The maximum atomic E-state index is 13.3. The van der Waals surface area contributed by atoms with Gasteiger partial charge in [-0.05, 0) is 18.2 Å². The van der Waals surface area contributed by atoms with Crippen molar-refractivity contribution in [2.75, 3.05) is 97.1 Å². The number of aliphatic carboxylic acids is 3. The molecule has 0 spiro atoms. The van der Waals surface area contributed by atoms with E-state index in [1.54, 1.807) is 19.6 Å². The molecule has 1 aliphatic rings. The molecule has 1 heterocycles. The van der Waals surface area contributed by atoms with Gasteiger partial charge in [0.25, 0.3) is 11.8 Å². The minimum atomic E-state index is -1.63. The standard InChI is InChI=1S/C28H43N7O13/c36-16-22(39)30-27(47)18-9-19(28(48)31-23(40)17-37)11-20(10-18)29-21(38)12-32-1-3-33(13-24(41)42)5-7-35(15-26(45)46)8-6-34(4-2-32)14-25(43)44/h9-11,22-23,36-37,39-40H,1-8,12-17H2,(H,29,38)(H,30,47)(H,31,48)(H,41,42)(H,43,44)(H,45,46). The Balaban J connectivity index is 2.30. The van der Waals surface area contributed by atoms with Crippen LogP contribution in [0.4, 0.5) is 5.69 Å². The molecule has 20 heteroatoms. The monoisotopic (exact) mass is 685 g/mol. The van der Waals surface area contributed by atoms with Crippen molar-refractivity contribution in [3.05, 3.63) is 29.3 Å². The molecule has 0 aromatic heterocycles. The number of hydrogen-bond donors (Lipinski definition) is 10. The molecule has 2 unspecified atom stereocenters. The quantitative estimate of drug-likeness (QED) is 0.0775. The van der Waals surface area contributed by atoms with Crippen LogP contribution in [-0.2, 0) is 19.2 Å². The number of carbonyl (C=O) groups excluding carboxylic acids is 3. The first-order valence-electron chi connectivity index (χ1n) is 14.9. The van der Waals surface area contributed by atoms with Crippen LogP contribution >= 0.6 is 0 Å². The van der Waals surface area contributed by atoms with Gasteiger partial charge in [-0.1, -0.05) is 0 Å². The molecule has 268 valence electrons. The van der Waals surface area contributed by atoms with E-state index in [1.807, 2.05) is 0 Å². The van der Waals surface area contributed by atoms with E-state index in [4.69, 9.17) is 10.2 Å². The van der Waals surface area contributed by atoms with Crippen molar-refractivity contribution in [1.29, 1.82) is 0 Å². The molecule has 0 radical (unpaired) electrons. The lowest BCUT2D eigenvalue weighted by atomic mass is 10.1. The molecule has 2 atom stereocenters. The number of carboxylic acids is 3. The summed E-state index contributed by atoms with van der Waals surface area (Å²) >= 11 is 0. The van der Waals surface area contributed by atoms with Crippen LogP contribution in [0.5, 0.6) is 0 Å². The number of benzene rings is 1. The minimum Gasteiger partial charge on any atom is -0.480 e. The van der Waals surface area contributed by atoms with E-state index in [1.165, 1.54) is 12.1 Å². The normalized spacial score (nSPS) is 17.2. The average Bonchev–Trinajstić information content (AvgIpc) is 3.01. The fraction of sp³-hybridized carbons (Fsp3) is 0.571. The van der Waals surface area contributed by atoms with Gasteiger partial charge in [0.2, 0.25) is 5.91 Å². The van der Waals surface area contributed by atoms with Crippen molar-refractivity contribution in [2.24, 2.45) is 0 Å². The number of anilines is 1. The molecule has 1 fully saturated rings. The first-order chi connectivity index (χ1) is 22.7. The first-order valence-corrected chi connectivity index (χ1v) is 14.9. The van der Waals surface area contributed by atoms with E-state index in [0.717, 1.165) is 6.07 Å². The number of rotatable bonds is 15. The van der Waals surface area contributed by atoms with Gasteiger partial charge in [-0.2, -0.15) is 0 Å². The van der Waals surface area contributed by atoms with Crippen LogP contribution in [0, 0.1) is 0 Å². The number of carboxylic acid groups (broad SMARTS) is 3. The minimum absolute atomic E-state index is 0.0392. The lowest BCUT2D eigenvalue weighted by Crippen LogP contribution is -2.49. The molecular weight excluding hydrogens is 642 g/mol. The van der Waals surface area contributed by atoms with Crippen LogP contribution in [0.2, 0.25) is 0 Å². The number of hydrogen-bond acceptors (Lipinski definition) is 14. The summed E-state index contributed by atoms with van der Waals surface area (Å²) < 4.78 is 0. The Kier molecular flexibility index (Phi) is 16.8. The second-order valence-electron chi connectivity index (χ2n) is 11.0. The highest BCUT2D eigenvalue weighted by molar-refractivity contribution is 6.03. The molecular formula is C28H43N7O13. The highest BCUT2D eigenvalue weighted by Gasteiger charge is 2.22. The predicted octanol–water partition coefficient (Wildman–Crippen LogP) is -4.82. The van der Waals surface area contributed by atoms with Gasteiger partial charge in [0.1, 0.15) is 12.5 Å². The molecule has 0 saturated carbocycles. The lowest BCUT2D eigenvalue weighted by molar-refractivity contribution is -0.140. The summed E-state index contributed by atoms with van der Waals surface area (Å²) in [5.41, 5.74) is -0.454. The summed E-state index contributed by atoms with van der Waals surface area (Å²) in [5.74, 6) is -5.74. The molecule has 20 nitrogen and oxygen atoms in total. The van der Waals surface area contributed by atoms with Crippen molar-refractivity contribution in [1.82, 2.24) is 30.2 Å². The Morgan fingerprint density at radius 2 is 0.875 bits per heavy atom. The van der Waals surface area contributed by atoms with Gasteiger partial charge in [-0.3, -0.25) is 48.4 Å². The van der Waals surface area contributed by atoms with Crippen LogP contribution in [-0.4, -0.2) is 195 Å². The van der Waals surface area contributed by atoms with E-state index >= 15 is 0 Å². The van der Waals surface area contributed by atoms with E-state index < -0.39 is 61.3 Å². The first kappa shape index (κ1) is 39.9. The number of nitrogens with one attached hydrogen (secondary N) is 3. The highest BCUT2D eigenvalue weighted by atomic mass is 16.4. The number of aliphatic hydroxyl groups is 4. The topological polar surface area (TPSA) is 293 Å². The third-order valence-corrected chi connectivity index (χ3v) is 7.06. The summed E-state index contributed by atoms with van der Waals surface area (Å²) in [4.78, 5) is 79.4. The van der Waals surface area contributed by atoms with Gasteiger partial charge >= 0.3 is 17.9 Å². The Morgan fingerprint density at radius 1 is 0.562 bits per heavy atom. The summed E-state index contributed by atoms with van der Waals surface area (Å²) in [6, 6.07) is 3.48. The molecule has 3 amide bonds. The molecule has 1 aliphatic heterocycles. The zero-order valence-electron chi connectivity index (χ0n) is 26.2. The summed E-state index contributed by atoms with van der Waals surface area (Å²) in [7, 11) is 0. The van der Waals surface area contributed by atoms with Crippen molar-refractivity contribution < 1.29 is 64.5 Å². The zero-order valence-corrected chi connectivity index (χ0v) is 26.2. The van der Waals surface area contributed by atoms with Crippen LogP contribution in [0.25, 0.3) is 0 Å². The van der Waals surface area contributed by atoms with Crippen molar-refractivity contribution in [2.45, 2.75) is 12.5 Å². The summed E-state index contributed by atoms with van der Waals surface area (Å²) in [6.07, 6.45) is -3.25. The van der Waals surface area contributed by atoms with Crippen LogP contribution in [0.1, 0.15) is 20.7 Å². The predicted molar refractivity (Wildman–Crippen MR) is 165 cm³/mol. The molecule has 10 N–H and O–H groups in total. The largest absolute Gasteiger partial charge is 0.480 e. The molecule has 1 aromatic rings. The number of nitrogens with zero attached hydrogens (tertiary/aromatic N) is 4. The molecule has 1 saturated heterocycles. The van der Waals surface area contributed by atoms with Gasteiger partial charge in [0.05, 0.1) is 39.4 Å². The Hall–Kier alpha value is -4.28. The van der Waals surface area contributed by atoms with E-state index in [0.29, 0.717) is 0 Å². The summed E-state index contributed by atoms with van der Waals surface area (Å²) in [6.45, 7) is -1.46. The SMILES string of the molecule is O=C(O)CN1CCN(CC(=O)O)CCN(CC(=O)Nc2cc(C(=O)NC(O)CO)cc(C(=O)NC(O)CO)c2)CCN(CC(=O)O)CC1. The fourth-order valence-electron chi connectivity index (χ4n) is 4.71. The Labute approximate surface area is 275 Å².